The van der Waals surface area contributed by atoms with Gasteiger partial charge >= 0.3 is 11.9 Å². The number of amides is 15. The molecule has 4 aromatic heterocycles. The van der Waals surface area contributed by atoms with Crippen LogP contribution in [0.3, 0.4) is 0 Å². The number of aromatic amines is 4. The molecule has 45 heteroatoms. The minimum atomic E-state index is -1.95. The second kappa shape index (κ2) is 48.9. The fourth-order valence-corrected chi connectivity index (χ4v) is 18.4. The number of fused-ring (bicyclic) bond motifs is 5. The molecule has 0 saturated carbocycles. The number of benzene rings is 4. The van der Waals surface area contributed by atoms with Gasteiger partial charge in [-0.25, -0.2) is 4.98 Å². The van der Waals surface area contributed by atoms with Gasteiger partial charge in [-0.2, -0.15) is 0 Å². The molecule has 0 spiro atoms. The highest BCUT2D eigenvalue weighted by Gasteiger charge is 2.47. The van der Waals surface area contributed by atoms with Crippen LogP contribution in [0.15, 0.2) is 128 Å². The Hall–Kier alpha value is -14.6. The number of rotatable bonds is 24. The van der Waals surface area contributed by atoms with E-state index in [-0.39, 0.29) is 75.9 Å². The molecule has 23 N–H and O–H groups in total. The number of carbonyl (C=O) groups is 18. The van der Waals surface area contributed by atoms with Crippen LogP contribution in [0.5, 0.6) is 5.75 Å². The van der Waals surface area contributed by atoms with Crippen molar-refractivity contribution in [2.45, 2.75) is 201 Å². The van der Waals surface area contributed by atoms with Crippen molar-refractivity contribution in [3.8, 4) is 5.75 Å². The van der Waals surface area contributed by atoms with Crippen LogP contribution in [0.2, 0.25) is 0 Å². The van der Waals surface area contributed by atoms with Gasteiger partial charge in [0.1, 0.15) is 78.3 Å². The molecule has 3 fully saturated rings. The number of H-pyrrole nitrogens is 4. The van der Waals surface area contributed by atoms with Gasteiger partial charge in [-0.1, -0.05) is 86.5 Å². The third kappa shape index (κ3) is 27.4. The second-order valence-corrected chi connectivity index (χ2v) is 36.1. The highest BCUT2D eigenvalue weighted by atomic mass is 32.2. The number of hydrogen-bond donors (Lipinski definition) is 20. The van der Waals surface area contributed by atoms with E-state index >= 15 is 38.4 Å². The minimum Gasteiger partial charge on any atom is -0.508 e. The number of nitrogens with two attached hydrogens (primary N) is 3. The van der Waals surface area contributed by atoms with E-state index in [2.05, 4.69) is 72.8 Å². The molecular formula is C94H120N22O22S. The number of primary amides is 1. The van der Waals surface area contributed by atoms with Crippen LogP contribution < -0.4 is 65.1 Å². The number of phenolic OH excluding ortho intramolecular Hbond substituents is 1. The molecule has 15 amide bonds. The summed E-state index contributed by atoms with van der Waals surface area (Å²) >= 11 is 0.736. The highest BCUT2D eigenvalue weighted by Crippen LogP contribution is 2.31. The number of aliphatic hydroxyl groups is 1. The molecule has 3 aliphatic heterocycles. The average molecular weight is 1940 g/mol. The van der Waals surface area contributed by atoms with Crippen LogP contribution in [0.4, 0.5) is 0 Å². The third-order valence-electron chi connectivity index (χ3n) is 25.3. The highest BCUT2D eigenvalue weighted by molar-refractivity contribution is 8.00. The number of carboxylic acids is 2. The molecular weight excluding hydrogens is 1820 g/mol. The van der Waals surface area contributed by atoms with Gasteiger partial charge in [0, 0.05) is 155 Å². The average Bonchev–Trinajstić information content (AvgIpc) is 1.77. The summed E-state index contributed by atoms with van der Waals surface area (Å²) in [5.41, 5.74) is 22.0. The lowest BCUT2D eigenvalue weighted by molar-refractivity contribution is -0.149. The number of carboxylic acid groups (broad SMARTS) is 2. The molecule has 139 heavy (non-hydrogen) atoms. The maximum absolute atomic E-state index is 16.2. The quantitative estimate of drug-likeness (QED) is 0.0316. The van der Waals surface area contributed by atoms with Crippen LogP contribution in [0, 0.1) is 5.92 Å². The zero-order valence-corrected chi connectivity index (χ0v) is 78.3. The minimum absolute atomic E-state index is 0.0536. The van der Waals surface area contributed by atoms with Crippen molar-refractivity contribution in [3.63, 3.8) is 0 Å². The molecule has 8 aromatic rings. The second-order valence-electron chi connectivity index (χ2n) is 35.1. The number of nitrogens with one attached hydrogen (secondary N) is 13. The number of carbonyl (C=O) groups excluding carboxylic acids is 16. The van der Waals surface area contributed by atoms with E-state index in [0.717, 1.165) is 36.3 Å². The summed E-state index contributed by atoms with van der Waals surface area (Å²) in [6.07, 6.45) is 1.41. The number of para-hydroxylation sites is 3. The molecule has 0 unspecified atom stereocenters. The lowest BCUT2D eigenvalue weighted by atomic mass is 9.90. The predicted octanol–water partition coefficient (Wildman–Crippen LogP) is -1.83. The zero-order chi connectivity index (χ0) is 101. The molecule has 0 aliphatic carbocycles. The van der Waals surface area contributed by atoms with Crippen LogP contribution in [0.1, 0.15) is 112 Å². The number of imidazole rings is 1. The molecule has 7 heterocycles. The molecule has 44 nitrogen and oxygen atoms in total. The van der Waals surface area contributed by atoms with E-state index in [1.165, 1.54) is 64.9 Å². The number of aromatic hydroxyl groups is 1. The monoisotopic (exact) mass is 1940 g/mol. The fourth-order valence-electron chi connectivity index (χ4n) is 17.6. The first-order chi connectivity index (χ1) is 66.4. The number of thioether (sulfide) groups is 1. The molecule has 0 radical (unpaired) electrons. The van der Waals surface area contributed by atoms with E-state index in [9.17, 15) is 68.4 Å². The molecule has 3 saturated heterocycles. The number of aliphatic hydroxyl groups excluding tert-OH is 1. The lowest BCUT2D eigenvalue weighted by Crippen LogP contribution is -2.61. The van der Waals surface area contributed by atoms with Crippen LogP contribution in [-0.2, 0) is 118 Å². The molecule has 744 valence electrons. The van der Waals surface area contributed by atoms with Crippen molar-refractivity contribution in [1.82, 2.24) is 97.3 Å². The van der Waals surface area contributed by atoms with E-state index in [4.69, 9.17) is 17.2 Å². The summed E-state index contributed by atoms with van der Waals surface area (Å²) in [6.45, 7) is 0.641. The number of nitrogens with zero attached hydrogens (tertiary/aromatic N) is 6. The van der Waals surface area contributed by atoms with Gasteiger partial charge in [-0.3, -0.25) is 86.3 Å². The Morgan fingerprint density at radius 3 is 1.68 bits per heavy atom. The summed E-state index contributed by atoms with van der Waals surface area (Å²) in [5.74, 6) is -21.2. The number of phenols is 1. The Labute approximate surface area is 802 Å². The van der Waals surface area contributed by atoms with E-state index < -0.39 is 267 Å². The van der Waals surface area contributed by atoms with Gasteiger partial charge in [0.05, 0.1) is 42.9 Å². The Kier molecular flexibility index (Phi) is 36.9. The smallest absolute Gasteiger partial charge is 0.305 e. The van der Waals surface area contributed by atoms with Crippen molar-refractivity contribution in [3.05, 3.63) is 156 Å². The number of ketones is 1. The Morgan fingerprint density at radius 2 is 1.09 bits per heavy atom. The van der Waals surface area contributed by atoms with Gasteiger partial charge in [0.15, 0.2) is 5.78 Å². The Balaban J connectivity index is 0.967. The van der Waals surface area contributed by atoms with Crippen LogP contribution in [0.25, 0.3) is 32.7 Å². The summed E-state index contributed by atoms with van der Waals surface area (Å²) in [6, 6.07) is 5.54. The third-order valence-corrected chi connectivity index (χ3v) is 26.3. The Morgan fingerprint density at radius 1 is 0.532 bits per heavy atom. The predicted molar refractivity (Wildman–Crippen MR) is 506 cm³/mol. The van der Waals surface area contributed by atoms with Gasteiger partial charge < -0.3 is 130 Å². The SMILES string of the molecule is CCCC[C@H]1C(=O)N[C@@H](CN)C(=O)N[C@H](C(=O)NCC(N)=O)CSCC(=O)N[C@@H](Cc2ccc(O)cc2)C(=O)N(C)[C@@H](C)C(=O)N[C@@H](CC(=O)O)C(=O)N2CCC[C@H]2C(=O)N[C@@H](Cc2c[nH]cn2)C(=O)N[C@@H](CCC(=O)O)C(=O)N2C[C@H](O)C[C@H]2C(=O)C[C@@H](Cc2c[nH]c3ccccc23)C(=O)N[C@@H](CCN)C(=O)N[C@@H](Cc2c[nH]c3ccccc23)C(=O)N(C)[C@@H](Cc2c[nH]c3ccccc23)C(=O)N1C. The summed E-state index contributed by atoms with van der Waals surface area (Å²) in [5, 5.41) is 67.4. The summed E-state index contributed by atoms with van der Waals surface area (Å²) in [4.78, 5) is 285. The van der Waals surface area contributed by atoms with Crippen molar-refractivity contribution >= 4 is 151 Å². The normalized spacial score (nSPS) is 24.5. The number of Topliss-reactive ketones (excluding diaryl/α,β-unsaturated/α-hetero) is 1. The largest absolute Gasteiger partial charge is 0.508 e. The number of aliphatic carboxylic acids is 2. The van der Waals surface area contributed by atoms with E-state index in [1.54, 1.807) is 91.4 Å². The first kappa shape index (κ1) is 105. The summed E-state index contributed by atoms with van der Waals surface area (Å²) in [7, 11) is 3.85. The number of unbranched alkanes of at least 4 members (excludes halogenated alkanes) is 1. The maximum Gasteiger partial charge on any atom is 0.305 e. The zero-order valence-electron chi connectivity index (χ0n) is 77.5. The first-order valence-corrected chi connectivity index (χ1v) is 47.0. The van der Waals surface area contributed by atoms with Crippen molar-refractivity contribution in [2.75, 3.05) is 65.4 Å². The molecule has 0 bridgehead atoms. The lowest BCUT2D eigenvalue weighted by Gasteiger charge is -2.36. The molecule has 11 rings (SSSR count). The standard InChI is InChI=1S/C94H120N22O22S/c1-6-7-21-73-88(132)110-71(40-96)87(131)111-72(84(128)102-45-78(97)120)47-139-48-79(121)104-68(32-51-23-25-57(117)26-24-51)90(134)112(3)50(2)82(126)108-70(39-81(124)125)93(137)115-31-14-22-74(115)89(133)107-67(37-56-44-98-49-103-56)86(130)106-66(27-28-80(122)123)92(136)116-46-58(118)38-75(116)77(119)36-52(33-53-41-99-62-18-11-8-15-59(53)62)83(127)105-65(29-30-95)85(129)109-69(34-54-42-100-63-19-12-9-16-60(54)63)91(135)114(5)76(94(138)113(73)4)35-55-43-101-64-20-13-10-17-61(55)64/h8-13,15-20,23-26,41-44,49-50,52,58,65-76,99-101,117-118H,6-7,14,21-22,27-40,45-48,95-96H2,1-5H3,(H2,97,120)(H,98,103)(H,102,128)(H,104,121)(H,105,127)(H,106,130)(H,107,133)(H,108,126)(H,109,129)(H,110,132)(H,111,131)(H,122,123)(H,124,125)/t50-,52+,58+,65-,66-,67-,68-,69-,70-,71-,72-,73-,74-,75-,76-/m0/s1. The van der Waals surface area contributed by atoms with E-state index in [0.29, 0.717) is 67.8 Å². The van der Waals surface area contributed by atoms with Gasteiger partial charge in [0.2, 0.25) is 88.6 Å². The number of aromatic nitrogens is 5. The van der Waals surface area contributed by atoms with E-state index in [1.807, 2.05) is 6.92 Å². The number of hydrogen-bond acceptors (Lipinski definition) is 24. The van der Waals surface area contributed by atoms with Crippen LogP contribution in [-0.4, -0.2) is 326 Å². The van der Waals surface area contributed by atoms with Crippen molar-refractivity contribution in [2.24, 2.45) is 23.1 Å². The molecule has 3 aliphatic rings. The maximum atomic E-state index is 16.2. The first-order valence-electron chi connectivity index (χ1n) is 45.9. The van der Waals surface area contributed by atoms with Gasteiger partial charge in [-0.05, 0) is 105 Å². The molecule has 15 atom stereocenters. The van der Waals surface area contributed by atoms with Crippen LogP contribution >= 0.6 is 11.8 Å². The fraction of sp³-hybridized carbons (Fsp3) is 0.457. The van der Waals surface area contributed by atoms with Gasteiger partial charge in [-0.15, -0.1) is 11.8 Å². The van der Waals surface area contributed by atoms with Crippen molar-refractivity contribution < 1.29 is 107 Å². The Bertz CT molecular complexity index is 5810. The molecule has 4 aromatic carbocycles. The topological polar surface area (TPSA) is 667 Å². The summed E-state index contributed by atoms with van der Waals surface area (Å²) < 4.78 is 0. The van der Waals surface area contributed by atoms with Gasteiger partial charge in [0.25, 0.3) is 0 Å². The van der Waals surface area contributed by atoms with Crippen molar-refractivity contribution in [1.29, 1.82) is 0 Å². The number of likely N-dealkylation sites (N-methyl/N-ethyl adjacent to an activating group) is 3.